The van der Waals surface area contributed by atoms with Crippen LogP contribution in [0.4, 0.5) is 14.3 Å². The van der Waals surface area contributed by atoms with E-state index in [0.717, 1.165) is 17.1 Å². The summed E-state index contributed by atoms with van der Waals surface area (Å²) in [7, 11) is 0. The highest BCUT2D eigenvalue weighted by Crippen LogP contribution is 2.18. The summed E-state index contributed by atoms with van der Waals surface area (Å²) >= 11 is 2.89. The van der Waals surface area contributed by atoms with Crippen LogP contribution >= 0.6 is 23.1 Å². The standard InChI is InChI=1S/C12H13FN4OS2/c13-9-2-4-10(5-3-9)19-7-1-6-14-11(18)16-12-17-15-8-20-12/h2-5,8H,1,6-7H2,(H2,14,16,17,18). The molecule has 1 aromatic heterocycles. The molecule has 8 heteroatoms. The lowest BCUT2D eigenvalue weighted by molar-refractivity contribution is 0.252. The highest BCUT2D eigenvalue weighted by Gasteiger charge is 2.03. The van der Waals surface area contributed by atoms with Crippen molar-refractivity contribution in [2.45, 2.75) is 11.3 Å². The molecule has 0 aliphatic rings. The van der Waals surface area contributed by atoms with Gasteiger partial charge in [0, 0.05) is 11.4 Å². The zero-order valence-corrected chi connectivity index (χ0v) is 12.1. The maximum Gasteiger partial charge on any atom is 0.321 e. The molecule has 1 heterocycles. The molecule has 0 spiro atoms. The molecule has 0 fully saturated rings. The molecule has 0 atom stereocenters. The van der Waals surface area contributed by atoms with Gasteiger partial charge >= 0.3 is 6.03 Å². The molecule has 0 bridgehead atoms. The number of hydrogen-bond donors (Lipinski definition) is 2. The van der Waals surface area contributed by atoms with Crippen molar-refractivity contribution in [3.63, 3.8) is 0 Å². The van der Waals surface area contributed by atoms with Gasteiger partial charge in [0.25, 0.3) is 0 Å². The van der Waals surface area contributed by atoms with E-state index >= 15 is 0 Å². The first-order valence-corrected chi connectivity index (χ1v) is 7.80. The highest BCUT2D eigenvalue weighted by molar-refractivity contribution is 7.99. The van der Waals surface area contributed by atoms with Crippen LogP contribution in [0.3, 0.4) is 0 Å². The molecule has 0 aliphatic heterocycles. The smallest absolute Gasteiger partial charge is 0.321 e. The number of nitrogens with zero attached hydrogens (tertiary/aromatic N) is 2. The fourth-order valence-electron chi connectivity index (χ4n) is 1.36. The highest BCUT2D eigenvalue weighted by atomic mass is 32.2. The molecular formula is C12H13FN4OS2. The average Bonchev–Trinajstić information content (AvgIpc) is 2.93. The quantitative estimate of drug-likeness (QED) is 0.635. The Kier molecular flexibility index (Phi) is 5.75. The zero-order chi connectivity index (χ0) is 14.2. The second kappa shape index (κ2) is 7.81. The number of hydrogen-bond acceptors (Lipinski definition) is 5. The van der Waals surface area contributed by atoms with Crippen molar-refractivity contribution in [1.82, 2.24) is 15.5 Å². The second-order valence-corrected chi connectivity index (χ2v) is 5.78. The number of urea groups is 1. The van der Waals surface area contributed by atoms with Crippen molar-refractivity contribution >= 4 is 34.3 Å². The van der Waals surface area contributed by atoms with Gasteiger partial charge in [0.05, 0.1) is 0 Å². The van der Waals surface area contributed by atoms with E-state index in [1.165, 1.54) is 23.5 Å². The molecule has 0 saturated carbocycles. The van der Waals surface area contributed by atoms with Crippen LogP contribution in [0.2, 0.25) is 0 Å². The van der Waals surface area contributed by atoms with E-state index in [2.05, 4.69) is 20.8 Å². The first-order chi connectivity index (χ1) is 9.74. The number of carbonyl (C=O) groups is 1. The Morgan fingerprint density at radius 3 is 2.85 bits per heavy atom. The first kappa shape index (κ1) is 14.7. The van der Waals surface area contributed by atoms with Gasteiger partial charge in [0.15, 0.2) is 0 Å². The third-order valence-corrected chi connectivity index (χ3v) is 3.97. The molecule has 106 valence electrons. The van der Waals surface area contributed by atoms with E-state index in [-0.39, 0.29) is 11.8 Å². The Morgan fingerprint density at radius 1 is 1.35 bits per heavy atom. The summed E-state index contributed by atoms with van der Waals surface area (Å²) in [6.07, 6.45) is 0.825. The van der Waals surface area contributed by atoms with Crippen LogP contribution in [0.25, 0.3) is 0 Å². The SMILES string of the molecule is O=C(NCCCSc1ccc(F)cc1)Nc1nncs1. The molecule has 2 aromatic rings. The summed E-state index contributed by atoms with van der Waals surface area (Å²) in [6.45, 7) is 0.568. The summed E-state index contributed by atoms with van der Waals surface area (Å²) < 4.78 is 12.7. The van der Waals surface area contributed by atoms with E-state index < -0.39 is 0 Å². The number of amides is 2. The Morgan fingerprint density at radius 2 is 2.15 bits per heavy atom. The number of aromatic nitrogens is 2. The van der Waals surface area contributed by atoms with Crippen LogP contribution < -0.4 is 10.6 Å². The minimum atomic E-state index is -0.284. The van der Waals surface area contributed by atoms with E-state index in [0.29, 0.717) is 11.7 Å². The number of carbonyl (C=O) groups excluding carboxylic acids is 1. The van der Waals surface area contributed by atoms with Gasteiger partial charge in [-0.15, -0.1) is 22.0 Å². The summed E-state index contributed by atoms with van der Waals surface area (Å²) in [5.74, 6) is 0.620. The van der Waals surface area contributed by atoms with E-state index in [1.807, 2.05) is 0 Å². The molecular weight excluding hydrogens is 299 g/mol. The molecule has 20 heavy (non-hydrogen) atoms. The Hall–Kier alpha value is -1.67. The number of benzene rings is 1. The largest absolute Gasteiger partial charge is 0.338 e. The number of halogens is 1. The predicted molar refractivity (Wildman–Crippen MR) is 78.7 cm³/mol. The first-order valence-electron chi connectivity index (χ1n) is 5.93. The normalized spacial score (nSPS) is 10.2. The van der Waals surface area contributed by atoms with Crippen LogP contribution in [-0.2, 0) is 0 Å². The molecule has 2 amide bonds. The monoisotopic (exact) mass is 312 g/mol. The van der Waals surface area contributed by atoms with Crippen LogP contribution in [0.1, 0.15) is 6.42 Å². The lowest BCUT2D eigenvalue weighted by Gasteiger charge is -2.05. The van der Waals surface area contributed by atoms with E-state index in [1.54, 1.807) is 29.4 Å². The third kappa shape index (κ3) is 5.14. The molecule has 0 unspecified atom stereocenters. The van der Waals surface area contributed by atoms with Gasteiger partial charge in [-0.1, -0.05) is 11.3 Å². The Balaban J connectivity index is 1.57. The van der Waals surface area contributed by atoms with Crippen LogP contribution in [0, 0.1) is 5.82 Å². The lowest BCUT2D eigenvalue weighted by Crippen LogP contribution is -2.29. The van der Waals surface area contributed by atoms with Gasteiger partial charge in [0.2, 0.25) is 5.13 Å². The molecule has 2 rings (SSSR count). The van der Waals surface area contributed by atoms with Crippen molar-refractivity contribution in [3.8, 4) is 0 Å². The van der Waals surface area contributed by atoms with Gasteiger partial charge in [-0.25, -0.2) is 9.18 Å². The van der Waals surface area contributed by atoms with E-state index in [4.69, 9.17) is 0 Å². The summed E-state index contributed by atoms with van der Waals surface area (Å²) in [5.41, 5.74) is 1.55. The van der Waals surface area contributed by atoms with Gasteiger partial charge in [-0.3, -0.25) is 5.32 Å². The number of thioether (sulfide) groups is 1. The fraction of sp³-hybridized carbons (Fsp3) is 0.250. The third-order valence-electron chi connectivity index (χ3n) is 2.27. The molecule has 2 N–H and O–H groups in total. The summed E-state index contributed by atoms with van der Waals surface area (Å²) in [5, 5.41) is 13.1. The fourth-order valence-corrected chi connectivity index (χ4v) is 2.66. The summed E-state index contributed by atoms with van der Waals surface area (Å²) in [6, 6.07) is 6.09. The lowest BCUT2D eigenvalue weighted by atomic mass is 10.4. The molecule has 1 aromatic carbocycles. The number of anilines is 1. The zero-order valence-electron chi connectivity index (χ0n) is 10.5. The van der Waals surface area contributed by atoms with Crippen molar-refractivity contribution in [1.29, 1.82) is 0 Å². The summed E-state index contributed by atoms with van der Waals surface area (Å²) in [4.78, 5) is 12.5. The molecule has 0 radical (unpaired) electrons. The Bertz CT molecular complexity index is 533. The van der Waals surface area contributed by atoms with Crippen molar-refractivity contribution in [2.75, 3.05) is 17.6 Å². The predicted octanol–water partition coefficient (Wildman–Crippen LogP) is 2.98. The van der Waals surface area contributed by atoms with Crippen LogP contribution in [-0.4, -0.2) is 28.5 Å². The minimum absolute atomic E-state index is 0.232. The maximum atomic E-state index is 12.7. The molecule has 5 nitrogen and oxygen atoms in total. The second-order valence-electron chi connectivity index (χ2n) is 3.78. The van der Waals surface area contributed by atoms with E-state index in [9.17, 15) is 9.18 Å². The topological polar surface area (TPSA) is 66.9 Å². The maximum absolute atomic E-state index is 12.7. The van der Waals surface area contributed by atoms with Crippen molar-refractivity contribution in [3.05, 3.63) is 35.6 Å². The molecule has 0 saturated heterocycles. The van der Waals surface area contributed by atoms with Gasteiger partial charge in [-0.2, -0.15) is 0 Å². The molecule has 0 aliphatic carbocycles. The van der Waals surface area contributed by atoms with Gasteiger partial charge < -0.3 is 5.32 Å². The van der Waals surface area contributed by atoms with Gasteiger partial charge in [0.1, 0.15) is 11.3 Å². The van der Waals surface area contributed by atoms with Crippen LogP contribution in [0.15, 0.2) is 34.7 Å². The van der Waals surface area contributed by atoms with Gasteiger partial charge in [-0.05, 0) is 36.4 Å². The Labute approximate surface area is 124 Å². The van der Waals surface area contributed by atoms with Crippen molar-refractivity contribution in [2.24, 2.45) is 0 Å². The minimum Gasteiger partial charge on any atom is -0.338 e. The number of rotatable bonds is 6. The van der Waals surface area contributed by atoms with Crippen LogP contribution in [0.5, 0.6) is 0 Å². The number of nitrogens with one attached hydrogen (secondary N) is 2. The van der Waals surface area contributed by atoms with Crippen molar-refractivity contribution < 1.29 is 9.18 Å². The average molecular weight is 312 g/mol.